The predicted octanol–water partition coefficient (Wildman–Crippen LogP) is 3.02. The fraction of sp³-hybridized carbons (Fsp3) is 0.500. The van der Waals surface area contributed by atoms with Gasteiger partial charge in [0.2, 0.25) is 7.37 Å². The minimum absolute atomic E-state index is 0.311. The van der Waals surface area contributed by atoms with Gasteiger partial charge in [0.15, 0.2) is 0 Å². The molecular formula is C12H19O2P. The summed E-state index contributed by atoms with van der Waals surface area (Å²) in [5, 5.41) is 0.577. The van der Waals surface area contributed by atoms with Crippen LogP contribution < -0.4 is 5.30 Å². The maximum absolute atomic E-state index is 12.1. The molecule has 0 saturated carbocycles. The van der Waals surface area contributed by atoms with Gasteiger partial charge in [-0.3, -0.25) is 4.57 Å². The Morgan fingerprint density at radius 2 is 1.93 bits per heavy atom. The van der Waals surface area contributed by atoms with E-state index in [1.54, 1.807) is 12.1 Å². The molecule has 2 nitrogen and oxygen atoms in total. The van der Waals surface area contributed by atoms with Crippen molar-refractivity contribution >= 4 is 12.7 Å². The van der Waals surface area contributed by atoms with Crippen LogP contribution in [0.4, 0.5) is 0 Å². The molecule has 0 radical (unpaired) electrons. The summed E-state index contributed by atoms with van der Waals surface area (Å²) >= 11 is 0. The topological polar surface area (TPSA) is 37.3 Å². The first-order valence-electron chi connectivity index (χ1n) is 5.43. The summed E-state index contributed by atoms with van der Waals surface area (Å²) in [6.45, 7) is 4.14. The Morgan fingerprint density at radius 1 is 1.33 bits per heavy atom. The molecule has 0 saturated heterocycles. The standard InChI is InChI=1S/C12H19O2P/c1-3-7-11(2)10-15(13,14)12-8-5-4-6-9-12/h4-6,8-9,11H,3,7,10H2,1-2H3,(H,13,14). The van der Waals surface area contributed by atoms with Crippen LogP contribution in [0.15, 0.2) is 30.3 Å². The van der Waals surface area contributed by atoms with Gasteiger partial charge in [-0.05, 0) is 18.1 Å². The molecule has 2 unspecified atom stereocenters. The summed E-state index contributed by atoms with van der Waals surface area (Å²) in [6.07, 6.45) is 2.47. The van der Waals surface area contributed by atoms with Crippen molar-refractivity contribution < 1.29 is 9.46 Å². The molecule has 3 heteroatoms. The largest absolute Gasteiger partial charge is 0.341 e. The molecule has 1 rings (SSSR count). The highest BCUT2D eigenvalue weighted by molar-refractivity contribution is 7.66. The fourth-order valence-corrected chi connectivity index (χ4v) is 3.65. The molecule has 0 spiro atoms. The van der Waals surface area contributed by atoms with Gasteiger partial charge in [0.1, 0.15) is 0 Å². The van der Waals surface area contributed by atoms with Crippen molar-refractivity contribution in [2.75, 3.05) is 6.16 Å². The summed E-state index contributed by atoms with van der Waals surface area (Å²) in [6, 6.07) is 8.95. The number of rotatable bonds is 5. The summed E-state index contributed by atoms with van der Waals surface area (Å²) in [4.78, 5) is 9.94. The van der Waals surface area contributed by atoms with Gasteiger partial charge in [-0.1, -0.05) is 44.9 Å². The van der Waals surface area contributed by atoms with E-state index in [9.17, 15) is 9.46 Å². The lowest BCUT2D eigenvalue weighted by molar-refractivity contribution is 0.469. The Balaban J connectivity index is 2.72. The minimum Gasteiger partial charge on any atom is -0.341 e. The Labute approximate surface area is 91.8 Å². The number of hydrogen-bond donors (Lipinski definition) is 1. The van der Waals surface area contributed by atoms with E-state index in [1.807, 2.05) is 25.1 Å². The van der Waals surface area contributed by atoms with Crippen molar-refractivity contribution in [1.29, 1.82) is 0 Å². The molecule has 0 heterocycles. The van der Waals surface area contributed by atoms with Crippen LogP contribution in [0.1, 0.15) is 26.7 Å². The zero-order chi connectivity index (χ0) is 11.3. The third-order valence-corrected chi connectivity index (χ3v) is 4.72. The van der Waals surface area contributed by atoms with Gasteiger partial charge in [0, 0.05) is 11.5 Å². The van der Waals surface area contributed by atoms with Gasteiger partial charge in [-0.2, -0.15) is 0 Å². The predicted molar refractivity (Wildman–Crippen MR) is 64.8 cm³/mol. The summed E-state index contributed by atoms with van der Waals surface area (Å²) in [5.74, 6) is 0.311. The van der Waals surface area contributed by atoms with Crippen molar-refractivity contribution in [3.8, 4) is 0 Å². The first kappa shape index (κ1) is 12.5. The molecule has 0 fully saturated rings. The van der Waals surface area contributed by atoms with Crippen LogP contribution in [0, 0.1) is 5.92 Å². The van der Waals surface area contributed by atoms with E-state index in [0.29, 0.717) is 17.4 Å². The van der Waals surface area contributed by atoms with Gasteiger partial charge in [-0.25, -0.2) is 0 Å². The average Bonchev–Trinajstić information content (AvgIpc) is 2.18. The van der Waals surface area contributed by atoms with Gasteiger partial charge < -0.3 is 4.89 Å². The maximum atomic E-state index is 12.1. The lowest BCUT2D eigenvalue weighted by Crippen LogP contribution is -2.11. The van der Waals surface area contributed by atoms with Crippen LogP contribution in [0.5, 0.6) is 0 Å². The summed E-state index contributed by atoms with van der Waals surface area (Å²) in [7, 11) is -3.13. The second-order valence-corrected chi connectivity index (χ2v) is 6.40. The smallest absolute Gasteiger partial charge is 0.229 e. The highest BCUT2D eigenvalue weighted by atomic mass is 31.2. The fourth-order valence-electron chi connectivity index (χ4n) is 1.77. The highest BCUT2D eigenvalue weighted by Gasteiger charge is 2.23. The van der Waals surface area contributed by atoms with E-state index >= 15 is 0 Å². The van der Waals surface area contributed by atoms with Gasteiger partial charge in [0.25, 0.3) is 0 Å². The molecule has 1 aromatic rings. The maximum Gasteiger partial charge on any atom is 0.229 e. The van der Waals surface area contributed by atoms with E-state index in [0.717, 1.165) is 12.8 Å². The molecule has 0 aliphatic rings. The summed E-state index contributed by atoms with van der Waals surface area (Å²) in [5.41, 5.74) is 0. The van der Waals surface area contributed by atoms with Crippen LogP contribution in [-0.2, 0) is 4.57 Å². The highest BCUT2D eigenvalue weighted by Crippen LogP contribution is 2.41. The molecule has 1 N–H and O–H groups in total. The molecule has 2 atom stereocenters. The lowest BCUT2D eigenvalue weighted by Gasteiger charge is -2.16. The number of hydrogen-bond acceptors (Lipinski definition) is 1. The molecule has 0 aliphatic carbocycles. The van der Waals surface area contributed by atoms with Crippen molar-refractivity contribution in [1.82, 2.24) is 0 Å². The normalized spacial score (nSPS) is 17.0. The first-order chi connectivity index (χ1) is 7.06. The van der Waals surface area contributed by atoms with Crippen molar-refractivity contribution in [2.24, 2.45) is 5.92 Å². The SMILES string of the molecule is CCCC(C)CP(=O)(O)c1ccccc1. The molecule has 0 bridgehead atoms. The van der Waals surface area contributed by atoms with Gasteiger partial charge in [0.05, 0.1) is 0 Å². The first-order valence-corrected chi connectivity index (χ1v) is 7.28. The van der Waals surface area contributed by atoms with Gasteiger partial charge >= 0.3 is 0 Å². The van der Waals surface area contributed by atoms with Crippen molar-refractivity contribution in [2.45, 2.75) is 26.7 Å². The minimum atomic E-state index is -3.13. The van der Waals surface area contributed by atoms with E-state index in [1.165, 1.54) is 0 Å². The summed E-state index contributed by atoms with van der Waals surface area (Å²) < 4.78 is 12.1. The Bertz CT molecular complexity index is 335. The average molecular weight is 226 g/mol. The van der Waals surface area contributed by atoms with Crippen LogP contribution in [-0.4, -0.2) is 11.1 Å². The van der Waals surface area contributed by atoms with Gasteiger partial charge in [-0.15, -0.1) is 0 Å². The second-order valence-electron chi connectivity index (χ2n) is 4.11. The second kappa shape index (κ2) is 5.48. The molecule has 0 amide bonds. The van der Waals surface area contributed by atoms with E-state index in [4.69, 9.17) is 0 Å². The van der Waals surface area contributed by atoms with Crippen molar-refractivity contribution in [3.63, 3.8) is 0 Å². The quantitative estimate of drug-likeness (QED) is 0.783. The zero-order valence-corrected chi connectivity index (χ0v) is 10.3. The third-order valence-electron chi connectivity index (χ3n) is 2.50. The molecule has 15 heavy (non-hydrogen) atoms. The molecule has 0 aromatic heterocycles. The Hall–Kier alpha value is -0.590. The van der Waals surface area contributed by atoms with E-state index in [2.05, 4.69) is 6.92 Å². The van der Waals surface area contributed by atoms with Crippen LogP contribution in [0.2, 0.25) is 0 Å². The van der Waals surface area contributed by atoms with Crippen molar-refractivity contribution in [3.05, 3.63) is 30.3 Å². The van der Waals surface area contributed by atoms with Crippen LogP contribution in [0.25, 0.3) is 0 Å². The Morgan fingerprint density at radius 3 is 2.47 bits per heavy atom. The molecule has 84 valence electrons. The monoisotopic (exact) mass is 226 g/mol. The van der Waals surface area contributed by atoms with E-state index in [-0.39, 0.29) is 0 Å². The number of benzene rings is 1. The molecular weight excluding hydrogens is 207 g/mol. The Kier molecular flexibility index (Phi) is 4.56. The third kappa shape index (κ3) is 3.81. The zero-order valence-electron chi connectivity index (χ0n) is 9.39. The van der Waals surface area contributed by atoms with Crippen LogP contribution >= 0.6 is 7.37 Å². The lowest BCUT2D eigenvalue weighted by atomic mass is 10.1. The molecule has 1 aromatic carbocycles. The van der Waals surface area contributed by atoms with E-state index < -0.39 is 7.37 Å². The molecule has 0 aliphatic heterocycles. The van der Waals surface area contributed by atoms with Crippen LogP contribution in [0.3, 0.4) is 0 Å².